The molecule has 0 saturated carbocycles. The van der Waals surface area contributed by atoms with Crippen LogP contribution in [0.2, 0.25) is 5.02 Å². The van der Waals surface area contributed by atoms with Crippen LogP contribution in [-0.2, 0) is 11.3 Å². The molecule has 0 saturated heterocycles. The average Bonchev–Trinajstić information content (AvgIpc) is 2.75. The van der Waals surface area contributed by atoms with Gasteiger partial charge in [-0.3, -0.25) is 14.4 Å². The smallest absolute Gasteiger partial charge is 0.322 e. The van der Waals surface area contributed by atoms with Crippen LogP contribution in [0, 0.1) is 0 Å². The van der Waals surface area contributed by atoms with E-state index in [1.54, 1.807) is 48.5 Å². The van der Waals surface area contributed by atoms with Crippen LogP contribution >= 0.6 is 11.6 Å². The summed E-state index contributed by atoms with van der Waals surface area (Å²) >= 11 is 6.19. The number of ether oxygens (including phenoxy) is 1. The van der Waals surface area contributed by atoms with Gasteiger partial charge in [-0.1, -0.05) is 41.9 Å². The molecule has 0 radical (unpaired) electrons. The van der Waals surface area contributed by atoms with Gasteiger partial charge in [-0.2, -0.15) is 5.10 Å². The van der Waals surface area contributed by atoms with Gasteiger partial charge in [0.2, 0.25) is 0 Å². The van der Waals surface area contributed by atoms with Crippen molar-refractivity contribution in [2.24, 2.45) is 0 Å². The average molecular weight is 444 g/mol. The fourth-order valence-corrected chi connectivity index (χ4v) is 3.07. The molecule has 0 unspecified atom stereocenters. The highest BCUT2D eigenvalue weighted by atomic mass is 35.5. The van der Waals surface area contributed by atoms with Crippen molar-refractivity contribution in [1.82, 2.24) is 15.1 Å². The van der Waals surface area contributed by atoms with E-state index < -0.39 is 35.3 Å². The molecule has 0 fully saturated rings. The molecule has 0 atom stereocenters. The number of nitrogens with one attached hydrogen (secondary N) is 1. The molecule has 0 bridgehead atoms. The number of aliphatic carboxylic acids is 1. The van der Waals surface area contributed by atoms with Crippen molar-refractivity contribution < 1.29 is 24.5 Å². The number of halogens is 1. The normalized spacial score (nSPS) is 10.5. The highest BCUT2D eigenvalue weighted by Gasteiger charge is 2.24. The van der Waals surface area contributed by atoms with E-state index in [1.807, 2.05) is 0 Å². The minimum atomic E-state index is -1.30. The molecular weight excluding hydrogens is 426 g/mol. The quantitative estimate of drug-likeness (QED) is 0.509. The van der Waals surface area contributed by atoms with Crippen LogP contribution in [0.4, 0.5) is 0 Å². The van der Waals surface area contributed by atoms with Gasteiger partial charge in [0.15, 0.2) is 11.3 Å². The summed E-state index contributed by atoms with van der Waals surface area (Å²) in [6.07, 6.45) is 0. The molecule has 0 aliphatic carbocycles. The van der Waals surface area contributed by atoms with E-state index in [0.717, 1.165) is 4.68 Å². The van der Waals surface area contributed by atoms with Crippen molar-refractivity contribution in [2.75, 3.05) is 13.7 Å². The molecule has 1 amide bonds. The predicted octanol–water partition coefficient (Wildman–Crippen LogP) is 2.14. The number of hydrogen-bond acceptors (Lipinski definition) is 6. The maximum Gasteiger partial charge on any atom is 0.322 e. The monoisotopic (exact) mass is 443 g/mol. The first kappa shape index (κ1) is 21.8. The molecule has 31 heavy (non-hydrogen) atoms. The standard InChI is InChI=1S/C21H18ClN3O6/c1-31-14-7-4-6-12(9-14)18-19(28)17(20(29)23-10-16(26)27)21(30)25(24-18)11-13-5-2-3-8-15(13)22/h2-9,28H,10-11H2,1H3,(H,23,29)(H,26,27). The Morgan fingerprint density at radius 3 is 2.61 bits per heavy atom. The number of carbonyl (C=O) groups is 2. The Morgan fingerprint density at radius 1 is 1.19 bits per heavy atom. The molecule has 2 aromatic carbocycles. The summed E-state index contributed by atoms with van der Waals surface area (Å²) < 4.78 is 6.18. The van der Waals surface area contributed by atoms with Crippen LogP contribution in [0.5, 0.6) is 11.5 Å². The lowest BCUT2D eigenvalue weighted by atomic mass is 10.1. The lowest BCUT2D eigenvalue weighted by Gasteiger charge is -2.14. The molecule has 1 heterocycles. The van der Waals surface area contributed by atoms with Crippen LogP contribution in [0.1, 0.15) is 15.9 Å². The summed E-state index contributed by atoms with van der Waals surface area (Å²) in [6, 6.07) is 13.3. The third-order valence-electron chi connectivity index (χ3n) is 4.38. The van der Waals surface area contributed by atoms with Gasteiger partial charge in [-0.15, -0.1) is 0 Å². The Hall–Kier alpha value is -3.85. The molecule has 3 aromatic rings. The lowest BCUT2D eigenvalue weighted by Crippen LogP contribution is -2.37. The van der Waals surface area contributed by atoms with Crippen molar-refractivity contribution in [1.29, 1.82) is 0 Å². The molecule has 10 heteroatoms. The van der Waals surface area contributed by atoms with Gasteiger partial charge in [0.05, 0.1) is 13.7 Å². The SMILES string of the molecule is COc1cccc(-c2nn(Cc3ccccc3Cl)c(=O)c(C(=O)NCC(=O)O)c2O)c1. The van der Waals surface area contributed by atoms with Gasteiger partial charge < -0.3 is 20.3 Å². The van der Waals surface area contributed by atoms with Crippen LogP contribution in [0.15, 0.2) is 53.3 Å². The van der Waals surface area contributed by atoms with E-state index in [9.17, 15) is 19.5 Å². The van der Waals surface area contributed by atoms with Gasteiger partial charge in [0.1, 0.15) is 18.0 Å². The number of amides is 1. The van der Waals surface area contributed by atoms with Crippen molar-refractivity contribution in [3.05, 3.63) is 75.0 Å². The summed E-state index contributed by atoms with van der Waals surface area (Å²) in [5, 5.41) is 26.3. The van der Waals surface area contributed by atoms with Crippen LogP contribution < -0.4 is 15.6 Å². The number of aromatic hydroxyl groups is 1. The Kier molecular flexibility index (Phi) is 6.56. The number of carboxylic acids is 1. The Labute approximate surface area is 181 Å². The number of aromatic nitrogens is 2. The fraction of sp³-hybridized carbons (Fsp3) is 0.143. The number of methoxy groups -OCH3 is 1. The van der Waals surface area contributed by atoms with E-state index in [4.69, 9.17) is 21.4 Å². The zero-order valence-corrected chi connectivity index (χ0v) is 17.1. The maximum atomic E-state index is 13.0. The van der Waals surface area contributed by atoms with Crippen LogP contribution in [-0.4, -0.2) is 45.5 Å². The molecule has 160 valence electrons. The molecule has 9 nitrogen and oxygen atoms in total. The number of benzene rings is 2. The zero-order valence-electron chi connectivity index (χ0n) is 16.3. The van der Waals surface area contributed by atoms with Gasteiger partial charge in [0, 0.05) is 10.6 Å². The number of carboxylic acid groups (broad SMARTS) is 1. The van der Waals surface area contributed by atoms with Crippen LogP contribution in [0.3, 0.4) is 0 Å². The first-order valence-corrected chi connectivity index (χ1v) is 9.41. The molecule has 0 aliphatic rings. The Balaban J connectivity index is 2.19. The number of hydrogen-bond donors (Lipinski definition) is 3. The summed E-state index contributed by atoms with van der Waals surface area (Å²) in [5.74, 6) is -2.54. The third-order valence-corrected chi connectivity index (χ3v) is 4.75. The van der Waals surface area contributed by atoms with Crippen LogP contribution in [0.25, 0.3) is 11.3 Å². The minimum Gasteiger partial charge on any atom is -0.505 e. The molecule has 1 aromatic heterocycles. The molecule has 0 aliphatic heterocycles. The summed E-state index contributed by atoms with van der Waals surface area (Å²) in [6.45, 7) is -0.798. The molecule has 0 spiro atoms. The summed E-state index contributed by atoms with van der Waals surface area (Å²) in [5.41, 5.74) is -0.617. The summed E-state index contributed by atoms with van der Waals surface area (Å²) in [7, 11) is 1.47. The Morgan fingerprint density at radius 2 is 1.94 bits per heavy atom. The van der Waals surface area contributed by atoms with E-state index in [2.05, 4.69) is 10.4 Å². The van der Waals surface area contributed by atoms with Crippen molar-refractivity contribution in [3.63, 3.8) is 0 Å². The van der Waals surface area contributed by atoms with E-state index >= 15 is 0 Å². The van der Waals surface area contributed by atoms with E-state index in [0.29, 0.717) is 21.9 Å². The highest BCUT2D eigenvalue weighted by molar-refractivity contribution is 6.31. The summed E-state index contributed by atoms with van der Waals surface area (Å²) in [4.78, 5) is 36.3. The van der Waals surface area contributed by atoms with Crippen molar-refractivity contribution in [3.8, 4) is 22.8 Å². The topological polar surface area (TPSA) is 131 Å². The predicted molar refractivity (Wildman–Crippen MR) is 113 cm³/mol. The zero-order chi connectivity index (χ0) is 22.5. The third kappa shape index (κ3) is 4.84. The number of rotatable bonds is 7. The van der Waals surface area contributed by atoms with Crippen molar-refractivity contribution in [2.45, 2.75) is 6.54 Å². The molecule has 3 rings (SSSR count). The Bertz CT molecular complexity index is 1210. The maximum absolute atomic E-state index is 13.0. The second-order valence-corrected chi connectivity index (χ2v) is 6.84. The lowest BCUT2D eigenvalue weighted by molar-refractivity contribution is -0.135. The first-order chi connectivity index (χ1) is 14.8. The second kappa shape index (κ2) is 9.31. The van der Waals surface area contributed by atoms with Gasteiger partial charge in [-0.25, -0.2) is 4.68 Å². The molecular formula is C21H18ClN3O6. The second-order valence-electron chi connectivity index (χ2n) is 6.43. The van der Waals surface area contributed by atoms with Gasteiger partial charge >= 0.3 is 5.97 Å². The number of nitrogens with zero attached hydrogens (tertiary/aromatic N) is 2. The fourth-order valence-electron chi connectivity index (χ4n) is 2.87. The van der Waals surface area contributed by atoms with Gasteiger partial charge in [-0.05, 0) is 23.8 Å². The molecule has 3 N–H and O–H groups in total. The highest BCUT2D eigenvalue weighted by Crippen LogP contribution is 2.30. The largest absolute Gasteiger partial charge is 0.505 e. The van der Waals surface area contributed by atoms with E-state index in [1.165, 1.54) is 7.11 Å². The minimum absolute atomic E-state index is 0.0500. The van der Waals surface area contributed by atoms with E-state index in [-0.39, 0.29) is 12.2 Å². The van der Waals surface area contributed by atoms with Crippen molar-refractivity contribution >= 4 is 23.5 Å². The van der Waals surface area contributed by atoms with Gasteiger partial charge in [0.25, 0.3) is 11.5 Å². The first-order valence-electron chi connectivity index (χ1n) is 9.03. The number of carbonyl (C=O) groups excluding carboxylic acids is 1.